The van der Waals surface area contributed by atoms with Crippen LogP contribution in [0.1, 0.15) is 38.7 Å². The van der Waals surface area contributed by atoms with E-state index in [1.54, 1.807) is 31.4 Å². The number of carbonyl (C=O) groups is 1. The molecule has 0 aliphatic carbocycles. The van der Waals surface area contributed by atoms with Crippen LogP contribution in [0.5, 0.6) is 5.75 Å². The monoisotopic (exact) mass is 433 g/mol. The number of rotatable bonds is 7. The van der Waals surface area contributed by atoms with Crippen LogP contribution >= 0.6 is 0 Å². The van der Waals surface area contributed by atoms with Gasteiger partial charge in [0.25, 0.3) is 5.91 Å². The summed E-state index contributed by atoms with van der Waals surface area (Å²) in [5.41, 5.74) is 4.60. The van der Waals surface area contributed by atoms with E-state index in [0.717, 1.165) is 50.0 Å². The number of carbonyl (C=O) groups excluding carboxylic acids is 1. The van der Waals surface area contributed by atoms with Crippen molar-refractivity contribution < 1.29 is 9.53 Å². The fraction of sp³-hybridized carbons (Fsp3) is 0.400. The second-order valence-electron chi connectivity index (χ2n) is 8.44. The average Bonchev–Trinajstić information content (AvgIpc) is 3.05. The van der Waals surface area contributed by atoms with Crippen molar-refractivity contribution in [1.29, 1.82) is 0 Å². The molecular formula is C25H31N5O2. The van der Waals surface area contributed by atoms with Crippen LogP contribution < -0.4 is 10.1 Å². The molecule has 1 amide bonds. The van der Waals surface area contributed by atoms with Crippen LogP contribution in [0, 0.1) is 13.8 Å². The third-order valence-corrected chi connectivity index (χ3v) is 5.87. The summed E-state index contributed by atoms with van der Waals surface area (Å²) >= 11 is 0. The van der Waals surface area contributed by atoms with Crippen LogP contribution in [0.25, 0.3) is 0 Å². The molecule has 4 rings (SSSR count). The van der Waals surface area contributed by atoms with Gasteiger partial charge in [0.15, 0.2) is 0 Å². The number of nitrogens with zero attached hydrogens (tertiary/aromatic N) is 4. The Morgan fingerprint density at radius 3 is 2.50 bits per heavy atom. The average molecular weight is 434 g/mol. The summed E-state index contributed by atoms with van der Waals surface area (Å²) in [5, 5.41) is 11.8. The number of benzene rings is 2. The maximum absolute atomic E-state index is 12.4. The van der Waals surface area contributed by atoms with E-state index < -0.39 is 0 Å². The molecule has 32 heavy (non-hydrogen) atoms. The Hall–Kier alpha value is -3.19. The van der Waals surface area contributed by atoms with Crippen molar-refractivity contribution in [2.24, 2.45) is 0 Å². The van der Waals surface area contributed by atoms with Crippen molar-refractivity contribution in [3.63, 3.8) is 0 Å². The highest BCUT2D eigenvalue weighted by Gasteiger charge is 2.19. The van der Waals surface area contributed by atoms with Gasteiger partial charge in [-0.3, -0.25) is 9.69 Å². The van der Waals surface area contributed by atoms with Crippen LogP contribution in [0.15, 0.2) is 42.5 Å². The van der Waals surface area contributed by atoms with Gasteiger partial charge < -0.3 is 14.6 Å². The van der Waals surface area contributed by atoms with Crippen LogP contribution in [0.3, 0.4) is 0 Å². The molecular weight excluding hydrogens is 402 g/mol. The number of hydrogen-bond donors (Lipinski definition) is 1. The third-order valence-electron chi connectivity index (χ3n) is 5.87. The molecule has 0 unspecified atom stereocenters. The van der Waals surface area contributed by atoms with Gasteiger partial charge in [-0.25, -0.2) is 0 Å². The lowest BCUT2D eigenvalue weighted by Gasteiger charge is -2.20. The quantitative estimate of drug-likeness (QED) is 0.620. The Bertz CT molecular complexity index is 1050. The zero-order chi connectivity index (χ0) is 22.5. The minimum atomic E-state index is -0.0946. The minimum absolute atomic E-state index is 0.0946. The molecule has 7 heteroatoms. The lowest BCUT2D eigenvalue weighted by molar-refractivity contribution is 0.0954. The van der Waals surface area contributed by atoms with Crippen LogP contribution in [0.2, 0.25) is 0 Å². The van der Waals surface area contributed by atoms with E-state index in [1.165, 1.54) is 16.7 Å². The number of ether oxygens (including phenoxy) is 1. The van der Waals surface area contributed by atoms with Gasteiger partial charge in [-0.2, -0.15) is 0 Å². The predicted molar refractivity (Wildman–Crippen MR) is 124 cm³/mol. The molecule has 2 heterocycles. The number of fused-ring (bicyclic) bond motifs is 1. The molecule has 0 atom stereocenters. The molecule has 1 aliphatic rings. The van der Waals surface area contributed by atoms with Crippen molar-refractivity contribution in [3.8, 4) is 5.75 Å². The molecule has 0 fully saturated rings. The zero-order valence-electron chi connectivity index (χ0n) is 19.1. The number of nitrogens with one attached hydrogen (secondary N) is 1. The molecule has 0 bridgehead atoms. The number of hydrogen-bond acceptors (Lipinski definition) is 5. The number of aromatic nitrogens is 3. The van der Waals surface area contributed by atoms with Gasteiger partial charge in [-0.1, -0.05) is 29.3 Å². The molecule has 7 nitrogen and oxygen atoms in total. The molecule has 2 aromatic carbocycles. The highest BCUT2D eigenvalue weighted by atomic mass is 16.5. The van der Waals surface area contributed by atoms with Crippen molar-refractivity contribution in [1.82, 2.24) is 25.0 Å². The van der Waals surface area contributed by atoms with Gasteiger partial charge in [-0.15, -0.1) is 10.2 Å². The van der Waals surface area contributed by atoms with Gasteiger partial charge >= 0.3 is 0 Å². The summed E-state index contributed by atoms with van der Waals surface area (Å²) in [6, 6.07) is 13.9. The van der Waals surface area contributed by atoms with E-state index >= 15 is 0 Å². The van der Waals surface area contributed by atoms with E-state index in [0.29, 0.717) is 18.5 Å². The maximum atomic E-state index is 12.4. The fourth-order valence-electron chi connectivity index (χ4n) is 4.32. The molecule has 168 valence electrons. The van der Waals surface area contributed by atoms with E-state index in [-0.39, 0.29) is 5.91 Å². The first kappa shape index (κ1) is 22.0. The summed E-state index contributed by atoms with van der Waals surface area (Å²) in [6.07, 6.45) is 1.54. The van der Waals surface area contributed by atoms with Gasteiger partial charge in [0.1, 0.15) is 17.4 Å². The Morgan fingerprint density at radius 2 is 1.78 bits per heavy atom. The minimum Gasteiger partial charge on any atom is -0.497 e. The van der Waals surface area contributed by atoms with E-state index in [2.05, 4.69) is 57.0 Å². The van der Waals surface area contributed by atoms with Gasteiger partial charge in [-0.05, 0) is 43.7 Å². The smallest absolute Gasteiger partial charge is 0.251 e. The molecule has 0 radical (unpaired) electrons. The Kier molecular flexibility index (Phi) is 6.85. The van der Waals surface area contributed by atoms with Crippen molar-refractivity contribution in [3.05, 3.63) is 76.4 Å². The lowest BCUT2D eigenvalue weighted by atomic mass is 10.1. The standard InChI is InChI=1S/C25H31N5O2/c1-18-14-19(2)16-20(15-18)17-29-11-9-24-28-27-23(30(24)13-12-29)8-10-26-25(31)21-4-6-22(32-3)7-5-21/h4-7,14-16H,8-13,17H2,1-3H3,(H,26,31). The molecule has 1 aliphatic heterocycles. The number of amides is 1. The summed E-state index contributed by atoms with van der Waals surface area (Å²) < 4.78 is 7.36. The summed E-state index contributed by atoms with van der Waals surface area (Å²) in [6.45, 7) is 8.58. The molecule has 3 aromatic rings. The lowest BCUT2D eigenvalue weighted by Crippen LogP contribution is -2.28. The van der Waals surface area contributed by atoms with Gasteiger partial charge in [0.2, 0.25) is 0 Å². The topological polar surface area (TPSA) is 72.3 Å². The second-order valence-corrected chi connectivity index (χ2v) is 8.44. The first-order valence-corrected chi connectivity index (χ1v) is 11.1. The van der Waals surface area contributed by atoms with Crippen molar-refractivity contribution in [2.45, 2.75) is 39.8 Å². The Balaban J connectivity index is 1.31. The zero-order valence-corrected chi connectivity index (χ0v) is 19.1. The van der Waals surface area contributed by atoms with Crippen molar-refractivity contribution >= 4 is 5.91 Å². The van der Waals surface area contributed by atoms with Gasteiger partial charge in [0.05, 0.1) is 7.11 Å². The molecule has 1 N–H and O–H groups in total. The van der Waals surface area contributed by atoms with Gasteiger partial charge in [0, 0.05) is 51.1 Å². The Morgan fingerprint density at radius 1 is 1.03 bits per heavy atom. The first-order chi connectivity index (χ1) is 15.5. The summed E-state index contributed by atoms with van der Waals surface area (Å²) in [7, 11) is 1.61. The summed E-state index contributed by atoms with van der Waals surface area (Å²) in [5.74, 6) is 2.61. The summed E-state index contributed by atoms with van der Waals surface area (Å²) in [4.78, 5) is 14.9. The highest BCUT2D eigenvalue weighted by Crippen LogP contribution is 2.15. The molecule has 0 spiro atoms. The van der Waals surface area contributed by atoms with Crippen LogP contribution in [-0.2, 0) is 25.9 Å². The number of aryl methyl sites for hydroxylation is 2. The largest absolute Gasteiger partial charge is 0.497 e. The van der Waals surface area contributed by atoms with Crippen LogP contribution in [-0.4, -0.2) is 52.3 Å². The SMILES string of the molecule is COc1ccc(C(=O)NCCc2nnc3n2CCN(Cc2cc(C)cc(C)c2)CC3)cc1. The molecule has 0 saturated carbocycles. The third kappa shape index (κ3) is 5.34. The normalized spacial score (nSPS) is 14.0. The van der Waals surface area contributed by atoms with E-state index in [9.17, 15) is 4.79 Å². The predicted octanol–water partition coefficient (Wildman–Crippen LogP) is 2.93. The van der Waals surface area contributed by atoms with Crippen molar-refractivity contribution in [2.75, 3.05) is 26.7 Å². The highest BCUT2D eigenvalue weighted by molar-refractivity contribution is 5.94. The van der Waals surface area contributed by atoms with E-state index in [4.69, 9.17) is 4.74 Å². The van der Waals surface area contributed by atoms with E-state index in [1.807, 2.05) is 0 Å². The molecule has 1 aromatic heterocycles. The maximum Gasteiger partial charge on any atom is 0.251 e. The first-order valence-electron chi connectivity index (χ1n) is 11.1. The van der Waals surface area contributed by atoms with Crippen LogP contribution in [0.4, 0.5) is 0 Å². The number of methoxy groups -OCH3 is 1. The second kappa shape index (κ2) is 9.96. The fourth-order valence-corrected chi connectivity index (χ4v) is 4.32. The molecule has 0 saturated heterocycles. The Labute approximate surface area is 189 Å².